The molecule has 0 aliphatic rings. The first-order valence-electron chi connectivity index (χ1n) is 7.29. The molecule has 2 amide bonds. The van der Waals surface area contributed by atoms with Gasteiger partial charge in [-0.2, -0.15) is 0 Å². The third-order valence-corrected chi connectivity index (χ3v) is 3.57. The Balaban J connectivity index is 1.86. The van der Waals surface area contributed by atoms with Crippen LogP contribution in [0.15, 0.2) is 48.5 Å². The van der Waals surface area contributed by atoms with Crippen LogP contribution in [0.1, 0.15) is 6.92 Å². The van der Waals surface area contributed by atoms with Gasteiger partial charge in [-0.3, -0.25) is 10.1 Å². The largest absolute Gasteiger partial charge is 0.484 e. The van der Waals surface area contributed by atoms with E-state index < -0.39 is 6.09 Å². The van der Waals surface area contributed by atoms with E-state index in [1.807, 2.05) is 24.3 Å². The number of carbonyl (C=O) groups excluding carboxylic acids is 2. The molecule has 0 spiro atoms. The van der Waals surface area contributed by atoms with Gasteiger partial charge in [0.15, 0.2) is 6.61 Å². The van der Waals surface area contributed by atoms with E-state index in [1.54, 1.807) is 31.2 Å². The van der Waals surface area contributed by atoms with E-state index in [9.17, 15) is 9.59 Å². The highest BCUT2D eigenvalue weighted by Gasteiger charge is 2.06. The van der Waals surface area contributed by atoms with E-state index in [2.05, 4.69) is 33.2 Å². The lowest BCUT2D eigenvalue weighted by Crippen LogP contribution is -2.20. The molecule has 24 heavy (non-hydrogen) atoms. The smallest absolute Gasteiger partial charge is 0.411 e. The molecule has 2 aromatic rings. The first kappa shape index (κ1) is 18.1. The summed E-state index contributed by atoms with van der Waals surface area (Å²) in [6.45, 7) is 1.89. The Morgan fingerprint density at radius 1 is 1.04 bits per heavy atom. The zero-order valence-corrected chi connectivity index (χ0v) is 15.2. The molecule has 0 fully saturated rings. The van der Waals surface area contributed by atoms with Crippen LogP contribution in [0.2, 0.25) is 0 Å². The second kappa shape index (κ2) is 9.11. The van der Waals surface area contributed by atoms with Crippen LogP contribution in [-0.2, 0) is 9.53 Å². The van der Waals surface area contributed by atoms with Crippen molar-refractivity contribution in [2.75, 3.05) is 23.8 Å². The second-order valence-corrected chi connectivity index (χ2v) is 5.96. The van der Waals surface area contributed by atoms with Crippen molar-refractivity contribution in [3.05, 3.63) is 52.1 Å². The fourth-order valence-corrected chi connectivity index (χ4v) is 2.19. The van der Waals surface area contributed by atoms with Gasteiger partial charge < -0.3 is 14.8 Å². The maximum Gasteiger partial charge on any atom is 0.411 e. The van der Waals surface area contributed by atoms with Gasteiger partial charge in [0.05, 0.1) is 6.61 Å². The van der Waals surface area contributed by atoms with Crippen LogP contribution in [0.5, 0.6) is 5.75 Å². The third-order valence-electron chi connectivity index (χ3n) is 2.85. The number of amides is 2. The van der Waals surface area contributed by atoms with Crippen LogP contribution >= 0.6 is 22.6 Å². The lowest BCUT2D eigenvalue weighted by Gasteiger charge is -2.09. The van der Waals surface area contributed by atoms with Crippen molar-refractivity contribution in [2.45, 2.75) is 6.92 Å². The standard InChI is InChI=1S/C17H17IN2O4/c1-2-23-17(22)20-14-4-3-5-15(10-14)24-11-16(21)19-13-8-6-12(18)7-9-13/h3-10H,2,11H2,1H3,(H,19,21)(H,20,22). The summed E-state index contributed by atoms with van der Waals surface area (Å²) >= 11 is 2.19. The van der Waals surface area contributed by atoms with Gasteiger partial charge in [-0.15, -0.1) is 0 Å². The number of benzene rings is 2. The number of carbonyl (C=O) groups is 2. The van der Waals surface area contributed by atoms with E-state index in [4.69, 9.17) is 9.47 Å². The molecule has 0 heterocycles. The quantitative estimate of drug-likeness (QED) is 0.669. The van der Waals surface area contributed by atoms with Crippen molar-refractivity contribution in [3.8, 4) is 5.75 Å². The highest BCUT2D eigenvalue weighted by molar-refractivity contribution is 14.1. The van der Waals surface area contributed by atoms with E-state index >= 15 is 0 Å². The summed E-state index contributed by atoms with van der Waals surface area (Å²) < 4.78 is 11.3. The van der Waals surface area contributed by atoms with E-state index in [0.717, 1.165) is 3.57 Å². The lowest BCUT2D eigenvalue weighted by atomic mass is 10.3. The fourth-order valence-electron chi connectivity index (χ4n) is 1.83. The zero-order valence-electron chi connectivity index (χ0n) is 13.0. The highest BCUT2D eigenvalue weighted by Crippen LogP contribution is 2.18. The molecule has 2 aromatic carbocycles. The van der Waals surface area contributed by atoms with Gasteiger partial charge in [-0.05, 0) is 65.9 Å². The van der Waals surface area contributed by atoms with Crippen LogP contribution in [0.4, 0.5) is 16.2 Å². The van der Waals surface area contributed by atoms with Crippen molar-refractivity contribution < 1.29 is 19.1 Å². The Hall–Kier alpha value is -2.29. The van der Waals surface area contributed by atoms with Crippen LogP contribution in [0, 0.1) is 3.57 Å². The molecule has 0 atom stereocenters. The number of rotatable bonds is 6. The van der Waals surface area contributed by atoms with Gasteiger partial charge in [0.2, 0.25) is 0 Å². The predicted molar refractivity (Wildman–Crippen MR) is 100 cm³/mol. The first-order chi connectivity index (χ1) is 11.6. The predicted octanol–water partition coefficient (Wildman–Crippen LogP) is 3.88. The van der Waals surface area contributed by atoms with Crippen LogP contribution < -0.4 is 15.4 Å². The zero-order chi connectivity index (χ0) is 17.4. The molecule has 0 aliphatic carbocycles. The molecular formula is C17H17IN2O4. The molecule has 0 unspecified atom stereocenters. The van der Waals surface area contributed by atoms with Crippen LogP contribution in [0.25, 0.3) is 0 Å². The SMILES string of the molecule is CCOC(=O)Nc1cccc(OCC(=O)Nc2ccc(I)cc2)c1. The van der Waals surface area contributed by atoms with Gasteiger partial charge >= 0.3 is 6.09 Å². The summed E-state index contributed by atoms with van der Waals surface area (Å²) in [4.78, 5) is 23.3. The Bertz CT molecular complexity index is 704. The van der Waals surface area contributed by atoms with Crippen molar-refractivity contribution in [3.63, 3.8) is 0 Å². The minimum Gasteiger partial charge on any atom is -0.484 e. The topological polar surface area (TPSA) is 76.7 Å². The molecule has 126 valence electrons. The molecule has 2 rings (SSSR count). The lowest BCUT2D eigenvalue weighted by molar-refractivity contribution is -0.118. The number of anilines is 2. The summed E-state index contributed by atoms with van der Waals surface area (Å²) in [5.41, 5.74) is 1.24. The van der Waals surface area contributed by atoms with Gasteiger partial charge in [-0.25, -0.2) is 4.79 Å². The van der Waals surface area contributed by atoms with E-state index in [-0.39, 0.29) is 12.5 Å². The van der Waals surface area contributed by atoms with Crippen molar-refractivity contribution in [1.29, 1.82) is 0 Å². The maximum atomic E-state index is 11.9. The number of hydrogen-bond acceptors (Lipinski definition) is 4. The number of nitrogens with one attached hydrogen (secondary N) is 2. The average Bonchev–Trinajstić information content (AvgIpc) is 2.56. The summed E-state index contributed by atoms with van der Waals surface area (Å²) in [6.07, 6.45) is -0.536. The molecule has 0 saturated heterocycles. The Kier molecular flexibility index (Phi) is 6.86. The first-order valence-corrected chi connectivity index (χ1v) is 8.36. The molecule has 6 nitrogen and oxygen atoms in total. The molecule has 7 heteroatoms. The molecule has 0 radical (unpaired) electrons. The third kappa shape index (κ3) is 6.07. The van der Waals surface area contributed by atoms with Crippen molar-refractivity contribution >= 4 is 46.0 Å². The summed E-state index contributed by atoms with van der Waals surface area (Å²) in [6, 6.07) is 14.2. The minimum absolute atomic E-state index is 0.130. The average molecular weight is 440 g/mol. The molecule has 0 aromatic heterocycles. The summed E-state index contributed by atoms with van der Waals surface area (Å²) in [5, 5.41) is 5.32. The molecule has 0 aliphatic heterocycles. The van der Waals surface area contributed by atoms with Crippen molar-refractivity contribution in [2.24, 2.45) is 0 Å². The van der Waals surface area contributed by atoms with Gasteiger partial charge in [0, 0.05) is 21.0 Å². The number of ether oxygens (including phenoxy) is 2. The minimum atomic E-state index is -0.536. The molecule has 0 bridgehead atoms. The molecular weight excluding hydrogens is 423 g/mol. The van der Waals surface area contributed by atoms with Crippen molar-refractivity contribution in [1.82, 2.24) is 0 Å². The van der Waals surface area contributed by atoms with E-state index in [1.165, 1.54) is 0 Å². The highest BCUT2D eigenvalue weighted by atomic mass is 127. The van der Waals surface area contributed by atoms with Crippen LogP contribution in [-0.4, -0.2) is 25.2 Å². The summed E-state index contributed by atoms with van der Waals surface area (Å²) in [7, 11) is 0. The van der Waals surface area contributed by atoms with Gasteiger partial charge in [0.1, 0.15) is 5.75 Å². The van der Waals surface area contributed by atoms with Crippen LogP contribution in [0.3, 0.4) is 0 Å². The fraction of sp³-hybridized carbons (Fsp3) is 0.176. The monoisotopic (exact) mass is 440 g/mol. The molecule has 2 N–H and O–H groups in total. The Morgan fingerprint density at radius 3 is 2.50 bits per heavy atom. The Morgan fingerprint density at radius 2 is 1.79 bits per heavy atom. The normalized spacial score (nSPS) is 9.92. The Labute approximate surface area is 153 Å². The maximum absolute atomic E-state index is 11.9. The molecule has 0 saturated carbocycles. The summed E-state index contributed by atoms with van der Waals surface area (Å²) in [5.74, 6) is 0.210. The number of halogens is 1. The van der Waals surface area contributed by atoms with Gasteiger partial charge in [0.25, 0.3) is 5.91 Å². The second-order valence-electron chi connectivity index (χ2n) is 4.72. The number of hydrogen-bond donors (Lipinski definition) is 2. The van der Waals surface area contributed by atoms with E-state index in [0.29, 0.717) is 23.7 Å². The van der Waals surface area contributed by atoms with Gasteiger partial charge in [-0.1, -0.05) is 6.07 Å².